The van der Waals surface area contributed by atoms with Crippen molar-refractivity contribution in [1.29, 1.82) is 0 Å². The van der Waals surface area contributed by atoms with Crippen LogP contribution < -0.4 is 5.32 Å². The molecule has 0 atom stereocenters. The van der Waals surface area contributed by atoms with E-state index in [2.05, 4.69) is 40.6 Å². The minimum atomic E-state index is -0.110. The fourth-order valence-corrected chi connectivity index (χ4v) is 3.01. The minimum Gasteiger partial charge on any atom is -0.309 e. The summed E-state index contributed by atoms with van der Waals surface area (Å²) >= 11 is 0. The number of anilines is 1. The maximum Gasteiger partial charge on any atom is 0.247 e. The molecule has 6 nitrogen and oxygen atoms in total. The van der Waals surface area contributed by atoms with Crippen LogP contribution in [0, 0.1) is 34.6 Å². The Morgan fingerprint density at radius 3 is 2.46 bits per heavy atom. The third kappa shape index (κ3) is 3.85. The highest BCUT2D eigenvalue weighted by Gasteiger charge is 2.14. The molecule has 1 N–H and O–H groups in total. The lowest BCUT2D eigenvalue weighted by atomic mass is 10.1. The third-order valence-electron chi connectivity index (χ3n) is 4.62. The second-order valence-corrected chi connectivity index (χ2v) is 6.82. The van der Waals surface area contributed by atoms with Gasteiger partial charge in [0.2, 0.25) is 5.91 Å². The van der Waals surface area contributed by atoms with E-state index in [0.717, 1.165) is 28.2 Å². The van der Waals surface area contributed by atoms with Crippen molar-refractivity contribution in [3.8, 4) is 0 Å². The number of amides is 1. The quantitative estimate of drug-likeness (QED) is 0.767. The van der Waals surface area contributed by atoms with Crippen LogP contribution in [0.25, 0.3) is 0 Å². The van der Waals surface area contributed by atoms with E-state index >= 15 is 0 Å². The molecular formula is C20H25N5O. The topological polar surface area (TPSA) is 64.7 Å². The zero-order valence-electron chi connectivity index (χ0n) is 16.0. The number of aromatic nitrogens is 4. The van der Waals surface area contributed by atoms with Gasteiger partial charge in [0.15, 0.2) is 0 Å². The van der Waals surface area contributed by atoms with Crippen LogP contribution >= 0.6 is 0 Å². The van der Waals surface area contributed by atoms with Crippen LogP contribution in [0.4, 0.5) is 5.82 Å². The number of carbonyl (C=O) groups is 1. The van der Waals surface area contributed by atoms with Crippen LogP contribution in [0.3, 0.4) is 0 Å². The van der Waals surface area contributed by atoms with Gasteiger partial charge in [0.05, 0.1) is 17.9 Å². The Hall–Kier alpha value is -2.89. The van der Waals surface area contributed by atoms with Crippen molar-refractivity contribution in [2.75, 3.05) is 5.32 Å². The molecule has 26 heavy (non-hydrogen) atoms. The number of aryl methyl sites for hydroxylation is 3. The number of hydrogen-bond donors (Lipinski definition) is 1. The molecule has 3 rings (SSSR count). The minimum absolute atomic E-state index is 0.110. The van der Waals surface area contributed by atoms with Gasteiger partial charge in [-0.25, -0.2) is 4.68 Å². The van der Waals surface area contributed by atoms with E-state index in [-0.39, 0.29) is 12.5 Å². The monoisotopic (exact) mass is 351 g/mol. The van der Waals surface area contributed by atoms with Crippen LogP contribution in [-0.2, 0) is 17.9 Å². The van der Waals surface area contributed by atoms with Crippen LogP contribution in [-0.4, -0.2) is 25.5 Å². The first-order chi connectivity index (χ1) is 12.3. The largest absolute Gasteiger partial charge is 0.309 e. The molecule has 136 valence electrons. The number of carbonyl (C=O) groups excluding carboxylic acids is 1. The summed E-state index contributed by atoms with van der Waals surface area (Å²) in [5.41, 5.74) is 6.32. The molecule has 6 heteroatoms. The molecule has 0 fully saturated rings. The highest BCUT2D eigenvalue weighted by atomic mass is 16.2. The molecule has 0 saturated heterocycles. The summed E-state index contributed by atoms with van der Waals surface area (Å²) < 4.78 is 3.57. The second-order valence-electron chi connectivity index (χ2n) is 6.82. The molecule has 0 aliphatic rings. The lowest BCUT2D eigenvalue weighted by molar-refractivity contribution is -0.117. The van der Waals surface area contributed by atoms with E-state index in [1.807, 2.05) is 44.5 Å². The highest BCUT2D eigenvalue weighted by molar-refractivity contribution is 5.89. The Bertz CT molecular complexity index is 951. The summed E-state index contributed by atoms with van der Waals surface area (Å²) in [7, 11) is 0. The standard InChI is InChI=1S/C20H25N5O/c1-13-7-6-8-18(9-13)11-25-19(10-14(2)22-25)21-20(26)12-24-17(5)15(3)16(4)23-24/h6-10H,11-12H2,1-5H3,(H,21,26). The van der Waals surface area contributed by atoms with E-state index in [0.29, 0.717) is 12.4 Å². The smallest absolute Gasteiger partial charge is 0.247 e. The van der Waals surface area contributed by atoms with Crippen molar-refractivity contribution in [2.24, 2.45) is 0 Å². The molecule has 0 saturated carbocycles. The van der Waals surface area contributed by atoms with Crippen LogP contribution in [0.5, 0.6) is 0 Å². The van der Waals surface area contributed by atoms with E-state index in [9.17, 15) is 4.79 Å². The SMILES string of the molecule is Cc1cccc(Cn2nc(C)cc2NC(=O)Cn2nc(C)c(C)c2C)c1. The first-order valence-corrected chi connectivity index (χ1v) is 8.74. The van der Waals surface area contributed by atoms with E-state index in [1.165, 1.54) is 5.56 Å². The van der Waals surface area contributed by atoms with Crippen molar-refractivity contribution < 1.29 is 4.79 Å². The molecule has 0 unspecified atom stereocenters. The predicted molar refractivity (Wildman–Crippen MR) is 102 cm³/mol. The zero-order valence-corrected chi connectivity index (χ0v) is 16.0. The van der Waals surface area contributed by atoms with Crippen molar-refractivity contribution in [2.45, 2.75) is 47.7 Å². The van der Waals surface area contributed by atoms with Gasteiger partial charge in [0, 0.05) is 11.8 Å². The Labute approximate surface area is 153 Å². The van der Waals surface area contributed by atoms with Crippen molar-refractivity contribution in [3.05, 3.63) is 64.1 Å². The first kappa shape index (κ1) is 17.9. The van der Waals surface area contributed by atoms with Gasteiger partial charge in [-0.1, -0.05) is 29.8 Å². The van der Waals surface area contributed by atoms with Crippen LogP contribution in [0.1, 0.15) is 33.8 Å². The molecule has 0 radical (unpaired) electrons. The summed E-state index contributed by atoms with van der Waals surface area (Å²) in [6.07, 6.45) is 0. The Kier molecular flexibility index (Phi) is 4.93. The van der Waals surface area contributed by atoms with Gasteiger partial charge in [0.25, 0.3) is 0 Å². The Morgan fingerprint density at radius 2 is 1.81 bits per heavy atom. The van der Waals surface area contributed by atoms with E-state index in [4.69, 9.17) is 0 Å². The Morgan fingerprint density at radius 1 is 1.04 bits per heavy atom. The van der Waals surface area contributed by atoms with Gasteiger partial charge in [-0.15, -0.1) is 0 Å². The summed E-state index contributed by atoms with van der Waals surface area (Å²) in [5.74, 6) is 0.591. The molecule has 0 aliphatic heterocycles. The van der Waals surface area contributed by atoms with Gasteiger partial charge in [0.1, 0.15) is 12.4 Å². The highest BCUT2D eigenvalue weighted by Crippen LogP contribution is 2.15. The number of hydrogen-bond acceptors (Lipinski definition) is 3. The normalized spacial score (nSPS) is 11.0. The fourth-order valence-electron chi connectivity index (χ4n) is 3.01. The zero-order chi connectivity index (χ0) is 18.8. The average Bonchev–Trinajstić information content (AvgIpc) is 3.02. The van der Waals surface area contributed by atoms with Gasteiger partial charge >= 0.3 is 0 Å². The lowest BCUT2D eigenvalue weighted by Crippen LogP contribution is -2.22. The van der Waals surface area contributed by atoms with Gasteiger partial charge in [-0.05, 0) is 45.7 Å². The summed E-state index contributed by atoms with van der Waals surface area (Å²) in [6.45, 7) is 10.8. The van der Waals surface area contributed by atoms with Gasteiger partial charge < -0.3 is 5.32 Å². The molecule has 2 aromatic heterocycles. The molecule has 2 heterocycles. The number of nitrogens with one attached hydrogen (secondary N) is 1. The van der Waals surface area contributed by atoms with Crippen LogP contribution in [0.15, 0.2) is 30.3 Å². The molecule has 0 spiro atoms. The summed E-state index contributed by atoms with van der Waals surface area (Å²) in [6, 6.07) is 10.2. The summed E-state index contributed by atoms with van der Waals surface area (Å²) in [4.78, 5) is 12.5. The number of rotatable bonds is 5. The summed E-state index contributed by atoms with van der Waals surface area (Å²) in [5, 5.41) is 11.9. The van der Waals surface area contributed by atoms with Gasteiger partial charge in [-0.2, -0.15) is 10.2 Å². The fraction of sp³-hybridized carbons (Fsp3) is 0.350. The molecular weight excluding hydrogens is 326 g/mol. The van der Waals surface area contributed by atoms with Crippen molar-refractivity contribution >= 4 is 11.7 Å². The Balaban J connectivity index is 1.75. The molecule has 1 aromatic carbocycles. The molecule has 1 amide bonds. The lowest BCUT2D eigenvalue weighted by Gasteiger charge is -2.10. The number of nitrogens with zero attached hydrogens (tertiary/aromatic N) is 4. The average molecular weight is 351 g/mol. The van der Waals surface area contributed by atoms with Crippen LogP contribution in [0.2, 0.25) is 0 Å². The van der Waals surface area contributed by atoms with E-state index in [1.54, 1.807) is 4.68 Å². The predicted octanol–water partition coefficient (Wildman–Crippen LogP) is 3.31. The molecule has 0 aliphatic carbocycles. The van der Waals surface area contributed by atoms with Crippen molar-refractivity contribution in [3.63, 3.8) is 0 Å². The number of benzene rings is 1. The van der Waals surface area contributed by atoms with E-state index < -0.39 is 0 Å². The second kappa shape index (κ2) is 7.15. The first-order valence-electron chi connectivity index (χ1n) is 8.74. The maximum atomic E-state index is 12.5. The third-order valence-corrected chi connectivity index (χ3v) is 4.62. The maximum absolute atomic E-state index is 12.5. The van der Waals surface area contributed by atoms with Crippen molar-refractivity contribution in [1.82, 2.24) is 19.6 Å². The molecule has 0 bridgehead atoms. The molecule has 3 aromatic rings. The van der Waals surface area contributed by atoms with Gasteiger partial charge in [-0.3, -0.25) is 9.48 Å².